The highest BCUT2D eigenvalue weighted by Crippen LogP contribution is 2.30. The lowest BCUT2D eigenvalue weighted by molar-refractivity contribution is 0.198. The molecule has 0 bridgehead atoms. The summed E-state index contributed by atoms with van der Waals surface area (Å²) in [6.07, 6.45) is 9.77. The van der Waals surface area contributed by atoms with E-state index in [4.69, 9.17) is 12.8 Å². The molecule has 3 nitrogen and oxygen atoms in total. The smallest absolute Gasteiger partial charge is 0.416 e. The number of carbonyl (C=O) groups is 1. The van der Waals surface area contributed by atoms with E-state index < -0.39 is 6.09 Å². The van der Waals surface area contributed by atoms with Crippen molar-refractivity contribution in [3.63, 3.8) is 0 Å². The third-order valence-corrected chi connectivity index (χ3v) is 3.29. The molecule has 3 heteroatoms. The Bertz CT molecular complexity index is 878. The van der Waals surface area contributed by atoms with Crippen LogP contribution in [0.4, 0.5) is 4.79 Å². The highest BCUT2D eigenvalue weighted by Gasteiger charge is 2.15. The van der Waals surface area contributed by atoms with Gasteiger partial charge in [0.2, 0.25) is 0 Å². The molecule has 20 heavy (non-hydrogen) atoms. The van der Waals surface area contributed by atoms with E-state index in [2.05, 4.69) is 11.8 Å². The highest BCUT2D eigenvalue weighted by atomic mass is 16.4. The molecule has 0 saturated heterocycles. The number of carboxylic acid groups (broad SMARTS) is 1. The van der Waals surface area contributed by atoms with E-state index in [1.54, 1.807) is 36.4 Å². The second-order valence-electron chi connectivity index (χ2n) is 4.37. The molecule has 1 aromatic heterocycles. The molecule has 3 aromatic rings. The van der Waals surface area contributed by atoms with Crippen LogP contribution in [0.5, 0.6) is 0 Å². The van der Waals surface area contributed by atoms with Crippen LogP contribution in [0.2, 0.25) is 0 Å². The first kappa shape index (κ1) is 11.9. The van der Waals surface area contributed by atoms with Gasteiger partial charge in [0.15, 0.2) is 0 Å². The lowest BCUT2D eigenvalue weighted by atomic mass is 10.1. The van der Waals surface area contributed by atoms with Gasteiger partial charge < -0.3 is 5.11 Å². The van der Waals surface area contributed by atoms with Crippen LogP contribution >= 0.6 is 0 Å². The lowest BCUT2D eigenvalue weighted by Crippen LogP contribution is -2.06. The number of rotatable bonds is 0. The van der Waals surface area contributed by atoms with Gasteiger partial charge in [-0.2, -0.15) is 0 Å². The summed E-state index contributed by atoms with van der Waals surface area (Å²) in [5.74, 6) is 5.11. The van der Waals surface area contributed by atoms with Gasteiger partial charge in [-0.1, -0.05) is 11.8 Å². The first-order chi connectivity index (χ1) is 9.65. The van der Waals surface area contributed by atoms with Crippen molar-refractivity contribution in [3.8, 4) is 24.7 Å². The zero-order valence-electron chi connectivity index (χ0n) is 10.4. The Morgan fingerprint density at radius 3 is 1.75 bits per heavy atom. The van der Waals surface area contributed by atoms with E-state index >= 15 is 0 Å². The van der Waals surface area contributed by atoms with E-state index in [1.807, 2.05) is 0 Å². The molecule has 0 spiro atoms. The van der Waals surface area contributed by atoms with Crippen molar-refractivity contribution in [2.75, 3.05) is 0 Å². The summed E-state index contributed by atoms with van der Waals surface area (Å²) in [6, 6.07) is 10.5. The summed E-state index contributed by atoms with van der Waals surface area (Å²) in [4.78, 5) is 11.5. The molecule has 0 amide bonds. The number of hydrogen-bond acceptors (Lipinski definition) is 1. The molecule has 0 radical (unpaired) electrons. The van der Waals surface area contributed by atoms with Gasteiger partial charge in [0.05, 0.1) is 11.0 Å². The summed E-state index contributed by atoms with van der Waals surface area (Å²) < 4.78 is 1.24. The van der Waals surface area contributed by atoms with Crippen LogP contribution in [0.3, 0.4) is 0 Å². The molecule has 0 atom stereocenters. The number of aromatic nitrogens is 1. The molecule has 0 saturated carbocycles. The quantitative estimate of drug-likeness (QED) is 0.629. The van der Waals surface area contributed by atoms with Gasteiger partial charge in [-0.05, 0) is 36.4 Å². The summed E-state index contributed by atoms with van der Waals surface area (Å²) in [5, 5.41) is 11.0. The summed E-state index contributed by atoms with van der Waals surface area (Å²) >= 11 is 0. The van der Waals surface area contributed by atoms with Crippen molar-refractivity contribution in [3.05, 3.63) is 47.5 Å². The first-order valence-electron chi connectivity index (χ1n) is 5.90. The van der Waals surface area contributed by atoms with Crippen LogP contribution in [0.1, 0.15) is 11.1 Å². The van der Waals surface area contributed by atoms with E-state index in [1.165, 1.54) is 4.57 Å². The van der Waals surface area contributed by atoms with E-state index in [0.29, 0.717) is 22.2 Å². The summed E-state index contributed by atoms with van der Waals surface area (Å²) in [6.45, 7) is 0. The van der Waals surface area contributed by atoms with Crippen molar-refractivity contribution < 1.29 is 9.90 Å². The predicted molar refractivity (Wildman–Crippen MR) is 78.7 cm³/mol. The van der Waals surface area contributed by atoms with Crippen LogP contribution in [0.15, 0.2) is 36.4 Å². The van der Waals surface area contributed by atoms with Crippen LogP contribution in [0, 0.1) is 24.7 Å². The second kappa shape index (κ2) is 4.19. The third kappa shape index (κ3) is 1.55. The van der Waals surface area contributed by atoms with Gasteiger partial charge in [0.1, 0.15) is 0 Å². The molecule has 3 rings (SSSR count). The van der Waals surface area contributed by atoms with Gasteiger partial charge in [0, 0.05) is 21.9 Å². The Morgan fingerprint density at radius 1 is 0.950 bits per heavy atom. The standard InChI is InChI=1S/C17H9NO2/c1-3-11-5-7-15-13(9-11)14-10-12(4-2)6-8-16(14)18(15)17(19)20/h1-2,5-10H,(H,19,20). The van der Waals surface area contributed by atoms with Gasteiger partial charge in [-0.3, -0.25) is 0 Å². The Kier molecular flexibility index (Phi) is 2.49. The molecule has 2 aromatic carbocycles. The number of terminal acetylenes is 2. The van der Waals surface area contributed by atoms with Crippen molar-refractivity contribution in [1.82, 2.24) is 4.57 Å². The minimum absolute atomic E-state index is 0.598. The number of nitrogens with zero attached hydrogens (tertiary/aromatic N) is 1. The minimum Gasteiger partial charge on any atom is -0.464 e. The average molecular weight is 259 g/mol. The number of fused-ring (bicyclic) bond motifs is 3. The Labute approximate surface area is 115 Å². The fourth-order valence-corrected chi connectivity index (χ4v) is 2.41. The molecule has 0 aliphatic rings. The number of benzene rings is 2. The molecule has 0 aliphatic heterocycles. The largest absolute Gasteiger partial charge is 0.464 e. The van der Waals surface area contributed by atoms with Crippen LogP contribution in [-0.2, 0) is 0 Å². The summed E-state index contributed by atoms with van der Waals surface area (Å²) in [7, 11) is 0. The molecule has 0 unspecified atom stereocenters. The Hall–Kier alpha value is -3.17. The van der Waals surface area contributed by atoms with Crippen LogP contribution < -0.4 is 0 Å². The van der Waals surface area contributed by atoms with Crippen molar-refractivity contribution in [2.24, 2.45) is 0 Å². The molecule has 94 valence electrons. The maximum atomic E-state index is 11.5. The predicted octanol–water partition coefficient (Wildman–Crippen LogP) is 3.28. The average Bonchev–Trinajstić information content (AvgIpc) is 2.79. The molecular weight excluding hydrogens is 250 g/mol. The summed E-state index contributed by atoms with van der Waals surface area (Å²) in [5.41, 5.74) is 2.60. The Morgan fingerprint density at radius 2 is 1.40 bits per heavy atom. The zero-order valence-corrected chi connectivity index (χ0v) is 10.4. The maximum Gasteiger partial charge on any atom is 0.416 e. The number of hydrogen-bond donors (Lipinski definition) is 1. The molecule has 0 aliphatic carbocycles. The lowest BCUT2D eigenvalue weighted by Gasteiger charge is -1.99. The molecule has 1 N–H and O–H groups in total. The van der Waals surface area contributed by atoms with Crippen molar-refractivity contribution in [2.45, 2.75) is 0 Å². The van der Waals surface area contributed by atoms with E-state index in [9.17, 15) is 9.90 Å². The SMILES string of the molecule is C#Cc1ccc2c(c1)c1cc(C#C)ccc1n2C(=O)O. The van der Waals surface area contributed by atoms with Gasteiger partial charge in [-0.25, -0.2) is 9.36 Å². The first-order valence-corrected chi connectivity index (χ1v) is 5.90. The monoisotopic (exact) mass is 259 g/mol. The zero-order chi connectivity index (χ0) is 14.3. The van der Waals surface area contributed by atoms with E-state index in [-0.39, 0.29) is 0 Å². The second-order valence-corrected chi connectivity index (χ2v) is 4.37. The third-order valence-electron chi connectivity index (χ3n) is 3.29. The minimum atomic E-state index is -1.04. The fourth-order valence-electron chi connectivity index (χ4n) is 2.41. The van der Waals surface area contributed by atoms with Crippen LogP contribution in [-0.4, -0.2) is 15.8 Å². The van der Waals surface area contributed by atoms with Gasteiger partial charge >= 0.3 is 6.09 Å². The topological polar surface area (TPSA) is 42.2 Å². The maximum absolute atomic E-state index is 11.5. The van der Waals surface area contributed by atoms with Crippen molar-refractivity contribution in [1.29, 1.82) is 0 Å². The molecule has 0 fully saturated rings. The highest BCUT2D eigenvalue weighted by molar-refractivity contribution is 6.12. The Balaban J connectivity index is 2.57. The molecule has 1 heterocycles. The van der Waals surface area contributed by atoms with Gasteiger partial charge in [-0.15, -0.1) is 12.8 Å². The normalized spacial score (nSPS) is 10.3. The van der Waals surface area contributed by atoms with Gasteiger partial charge in [0.25, 0.3) is 0 Å². The fraction of sp³-hybridized carbons (Fsp3) is 0. The van der Waals surface area contributed by atoms with E-state index in [0.717, 1.165) is 10.8 Å². The molecular formula is C17H9NO2. The van der Waals surface area contributed by atoms with Crippen LogP contribution in [0.25, 0.3) is 21.8 Å². The van der Waals surface area contributed by atoms with Crippen molar-refractivity contribution >= 4 is 27.9 Å².